The fraction of sp³-hybridized carbons (Fsp3) is 0.667. The van der Waals surface area contributed by atoms with Crippen molar-refractivity contribution in [2.24, 2.45) is 5.14 Å². The van der Waals surface area contributed by atoms with Crippen molar-refractivity contribution in [1.29, 1.82) is 0 Å². The lowest BCUT2D eigenvalue weighted by Crippen LogP contribution is -2.33. The van der Waals surface area contributed by atoms with Crippen molar-refractivity contribution in [2.75, 3.05) is 13.1 Å². The molecule has 0 bridgehead atoms. The third kappa shape index (κ3) is 2.72. The van der Waals surface area contributed by atoms with Crippen molar-refractivity contribution in [3.05, 3.63) is 15.6 Å². The molecule has 2 aliphatic rings. The Hall–Kier alpha value is -0.990. The van der Waals surface area contributed by atoms with Crippen LogP contribution in [0.2, 0.25) is 0 Å². The predicted molar refractivity (Wildman–Crippen MR) is 75.9 cm³/mol. The highest BCUT2D eigenvalue weighted by Crippen LogP contribution is 2.28. The molecule has 1 aromatic heterocycles. The van der Waals surface area contributed by atoms with E-state index < -0.39 is 15.3 Å². The van der Waals surface area contributed by atoms with Crippen LogP contribution in [0.4, 0.5) is 0 Å². The first-order valence-electron chi connectivity index (χ1n) is 6.70. The Kier molecular flexibility index (Phi) is 3.55. The molecular weight excluding hydrogens is 298 g/mol. The summed E-state index contributed by atoms with van der Waals surface area (Å²) in [6, 6.07) is 0. The predicted octanol–water partition coefficient (Wildman–Crippen LogP) is 0.0637. The van der Waals surface area contributed by atoms with Gasteiger partial charge in [-0.15, -0.1) is 11.3 Å². The molecule has 1 aliphatic heterocycles. The third-order valence-corrected chi connectivity index (χ3v) is 6.34. The van der Waals surface area contributed by atoms with Gasteiger partial charge in [-0.2, -0.15) is 0 Å². The van der Waals surface area contributed by atoms with Crippen molar-refractivity contribution in [3.63, 3.8) is 0 Å². The number of aryl methyl sites for hydroxylation is 2. The number of fused-ring (bicyclic) bond motifs is 1. The van der Waals surface area contributed by atoms with E-state index in [1.165, 1.54) is 17.0 Å². The van der Waals surface area contributed by atoms with E-state index in [4.69, 9.17) is 5.14 Å². The number of thiazole rings is 1. The molecule has 0 saturated carbocycles. The summed E-state index contributed by atoms with van der Waals surface area (Å²) in [7, 11) is -3.62. The summed E-state index contributed by atoms with van der Waals surface area (Å²) in [5.74, 6) is -0.131. The van der Waals surface area contributed by atoms with Gasteiger partial charge >= 0.3 is 0 Å². The number of likely N-dealkylation sites (tertiary alicyclic amines) is 1. The lowest BCUT2D eigenvalue weighted by molar-refractivity contribution is -0.127. The summed E-state index contributed by atoms with van der Waals surface area (Å²) in [5, 5.41) is 5.39. The molecule has 8 heteroatoms. The SMILES string of the molecule is NS(=O)(=O)C1CC(=O)N(CCc2nc3c(s2)CCC3)C1. The number of nitrogens with two attached hydrogens (primary N) is 1. The van der Waals surface area contributed by atoms with Gasteiger partial charge < -0.3 is 4.90 Å². The highest BCUT2D eigenvalue weighted by atomic mass is 32.2. The molecule has 1 aromatic rings. The van der Waals surface area contributed by atoms with E-state index >= 15 is 0 Å². The maximum absolute atomic E-state index is 11.8. The van der Waals surface area contributed by atoms with Crippen molar-refractivity contribution >= 4 is 27.3 Å². The molecule has 20 heavy (non-hydrogen) atoms. The quantitative estimate of drug-likeness (QED) is 0.850. The zero-order valence-electron chi connectivity index (χ0n) is 11.0. The molecule has 0 spiro atoms. The van der Waals surface area contributed by atoms with Crippen LogP contribution >= 0.6 is 11.3 Å². The zero-order valence-corrected chi connectivity index (χ0v) is 12.7. The van der Waals surface area contributed by atoms with Crippen molar-refractivity contribution in [3.8, 4) is 0 Å². The number of rotatable bonds is 4. The first kappa shape index (κ1) is 14.0. The Morgan fingerprint density at radius 3 is 2.85 bits per heavy atom. The van der Waals surface area contributed by atoms with E-state index in [1.807, 2.05) is 0 Å². The number of nitrogens with zero attached hydrogens (tertiary/aromatic N) is 2. The summed E-state index contributed by atoms with van der Waals surface area (Å²) < 4.78 is 22.6. The van der Waals surface area contributed by atoms with E-state index in [9.17, 15) is 13.2 Å². The summed E-state index contributed by atoms with van der Waals surface area (Å²) in [5.41, 5.74) is 1.21. The Morgan fingerprint density at radius 2 is 2.20 bits per heavy atom. The maximum atomic E-state index is 11.8. The number of amides is 1. The van der Waals surface area contributed by atoms with Gasteiger partial charge in [-0.05, 0) is 19.3 Å². The molecule has 0 aromatic carbocycles. The monoisotopic (exact) mass is 315 g/mol. The van der Waals surface area contributed by atoms with Crippen LogP contribution < -0.4 is 5.14 Å². The van der Waals surface area contributed by atoms with Gasteiger partial charge in [0.15, 0.2) is 0 Å². The highest BCUT2D eigenvalue weighted by molar-refractivity contribution is 7.89. The molecule has 1 saturated heterocycles. The number of hydrogen-bond acceptors (Lipinski definition) is 5. The third-order valence-electron chi connectivity index (χ3n) is 3.88. The molecule has 1 unspecified atom stereocenters. The van der Waals surface area contributed by atoms with Gasteiger partial charge in [-0.1, -0.05) is 0 Å². The number of carbonyl (C=O) groups excluding carboxylic acids is 1. The van der Waals surface area contributed by atoms with Crippen LogP contribution in [0.5, 0.6) is 0 Å². The zero-order chi connectivity index (χ0) is 14.3. The van der Waals surface area contributed by atoms with Crippen molar-refractivity contribution < 1.29 is 13.2 Å². The molecular formula is C12H17N3O3S2. The van der Waals surface area contributed by atoms with E-state index in [0.29, 0.717) is 13.0 Å². The Balaban J connectivity index is 1.60. The van der Waals surface area contributed by atoms with Gasteiger partial charge in [-0.3, -0.25) is 4.79 Å². The number of hydrogen-bond donors (Lipinski definition) is 1. The van der Waals surface area contributed by atoms with Crippen LogP contribution in [0.15, 0.2) is 0 Å². The highest BCUT2D eigenvalue weighted by Gasteiger charge is 2.36. The largest absolute Gasteiger partial charge is 0.341 e. The van der Waals surface area contributed by atoms with Crippen LogP contribution in [0.3, 0.4) is 0 Å². The van der Waals surface area contributed by atoms with E-state index in [2.05, 4.69) is 4.98 Å². The van der Waals surface area contributed by atoms with E-state index in [1.54, 1.807) is 16.2 Å². The molecule has 1 atom stereocenters. The Labute approximate surface area is 122 Å². The van der Waals surface area contributed by atoms with E-state index in [0.717, 1.165) is 17.8 Å². The fourth-order valence-electron chi connectivity index (χ4n) is 2.75. The first-order valence-corrected chi connectivity index (χ1v) is 9.13. The van der Waals surface area contributed by atoms with Crippen LogP contribution in [-0.4, -0.2) is 42.5 Å². The second kappa shape index (κ2) is 5.09. The second-order valence-corrected chi connectivity index (χ2v) is 8.35. The van der Waals surface area contributed by atoms with Gasteiger partial charge in [-0.25, -0.2) is 18.5 Å². The molecule has 2 N–H and O–H groups in total. The standard InChI is InChI=1S/C12H17N3O3S2/c13-20(17,18)8-6-12(16)15(7-8)5-4-11-14-9-2-1-3-10(9)19-11/h8H,1-7H2,(H2,13,17,18). The topological polar surface area (TPSA) is 93.4 Å². The molecule has 1 aliphatic carbocycles. The second-order valence-electron chi connectivity index (χ2n) is 5.34. The van der Waals surface area contributed by atoms with Crippen LogP contribution in [0.25, 0.3) is 0 Å². The molecule has 6 nitrogen and oxygen atoms in total. The minimum absolute atomic E-state index is 0.00715. The van der Waals surface area contributed by atoms with Crippen LogP contribution in [0.1, 0.15) is 28.4 Å². The van der Waals surface area contributed by atoms with Crippen LogP contribution in [0, 0.1) is 0 Å². The summed E-state index contributed by atoms with van der Waals surface area (Å²) in [4.78, 5) is 19.3. The first-order chi connectivity index (χ1) is 9.43. The van der Waals surface area contributed by atoms with Gasteiger partial charge in [0, 0.05) is 30.8 Å². The van der Waals surface area contributed by atoms with Crippen molar-refractivity contribution in [1.82, 2.24) is 9.88 Å². The minimum Gasteiger partial charge on any atom is -0.341 e. The molecule has 110 valence electrons. The lowest BCUT2D eigenvalue weighted by Gasteiger charge is -2.15. The molecule has 1 fully saturated rings. The number of carbonyl (C=O) groups is 1. The summed E-state index contributed by atoms with van der Waals surface area (Å²) in [6.45, 7) is 0.736. The molecule has 3 rings (SSSR count). The summed E-state index contributed by atoms with van der Waals surface area (Å²) in [6.07, 6.45) is 4.06. The fourth-order valence-corrected chi connectivity index (χ4v) is 4.66. The van der Waals surface area contributed by atoms with Gasteiger partial charge in [0.25, 0.3) is 0 Å². The Morgan fingerprint density at radius 1 is 1.40 bits per heavy atom. The number of aromatic nitrogens is 1. The van der Waals surface area contributed by atoms with Crippen LogP contribution in [-0.2, 0) is 34.1 Å². The smallest absolute Gasteiger partial charge is 0.224 e. The van der Waals surface area contributed by atoms with Gasteiger partial charge in [0.2, 0.25) is 15.9 Å². The van der Waals surface area contributed by atoms with E-state index in [-0.39, 0.29) is 18.9 Å². The van der Waals surface area contributed by atoms with Gasteiger partial charge in [0.1, 0.15) is 5.25 Å². The molecule has 1 amide bonds. The average Bonchev–Trinajstić information content (AvgIpc) is 2.98. The Bertz CT molecular complexity index is 617. The lowest BCUT2D eigenvalue weighted by atomic mass is 10.3. The number of sulfonamides is 1. The maximum Gasteiger partial charge on any atom is 0.224 e. The normalized spacial score (nSPS) is 22.6. The molecule has 0 radical (unpaired) electrons. The summed E-state index contributed by atoms with van der Waals surface area (Å²) >= 11 is 1.72. The number of primary sulfonamides is 1. The molecule has 2 heterocycles. The van der Waals surface area contributed by atoms with Crippen molar-refractivity contribution in [2.45, 2.75) is 37.4 Å². The van der Waals surface area contributed by atoms with Gasteiger partial charge in [0.05, 0.1) is 10.7 Å². The average molecular weight is 315 g/mol. The minimum atomic E-state index is -3.62.